The van der Waals surface area contributed by atoms with Gasteiger partial charge < -0.3 is 10.2 Å². The Kier molecular flexibility index (Phi) is 6.48. The van der Waals surface area contributed by atoms with E-state index in [1.165, 1.54) is 51.7 Å². The van der Waals surface area contributed by atoms with Crippen LogP contribution in [-0.2, 0) is 4.79 Å². The maximum atomic E-state index is 12.1. The molecular weight excluding hydrogens is 296 g/mol. The molecule has 1 aromatic rings. The van der Waals surface area contributed by atoms with Crippen molar-refractivity contribution in [2.45, 2.75) is 44.9 Å². The van der Waals surface area contributed by atoms with Gasteiger partial charge in [-0.3, -0.25) is 4.79 Å². The van der Waals surface area contributed by atoms with Gasteiger partial charge in [0, 0.05) is 18.7 Å². The number of para-hydroxylation sites is 1. The molecule has 1 heterocycles. The van der Waals surface area contributed by atoms with Crippen molar-refractivity contribution >= 4 is 11.6 Å². The van der Waals surface area contributed by atoms with Crippen molar-refractivity contribution < 1.29 is 4.79 Å². The van der Waals surface area contributed by atoms with Gasteiger partial charge >= 0.3 is 0 Å². The second kappa shape index (κ2) is 9.03. The van der Waals surface area contributed by atoms with Crippen LogP contribution in [-0.4, -0.2) is 30.4 Å². The van der Waals surface area contributed by atoms with Crippen LogP contribution < -0.4 is 5.32 Å². The molecule has 1 fully saturated rings. The number of amides is 1. The first-order chi connectivity index (χ1) is 11.8. The maximum absolute atomic E-state index is 12.1. The topological polar surface area (TPSA) is 32.3 Å². The largest absolute Gasteiger partial charge is 0.326 e. The van der Waals surface area contributed by atoms with Crippen molar-refractivity contribution in [3.05, 3.63) is 42.5 Å². The molecule has 1 aromatic carbocycles. The molecule has 130 valence electrons. The van der Waals surface area contributed by atoms with Crippen molar-refractivity contribution in [1.29, 1.82) is 0 Å². The lowest BCUT2D eigenvalue weighted by molar-refractivity contribution is -0.116. The lowest BCUT2D eigenvalue weighted by atomic mass is 9.89. The molecule has 24 heavy (non-hydrogen) atoms. The number of rotatable bonds is 6. The van der Waals surface area contributed by atoms with Gasteiger partial charge in [0.1, 0.15) is 0 Å². The number of anilines is 1. The van der Waals surface area contributed by atoms with E-state index in [1.807, 2.05) is 30.3 Å². The monoisotopic (exact) mass is 326 g/mol. The van der Waals surface area contributed by atoms with Crippen molar-refractivity contribution in [1.82, 2.24) is 4.90 Å². The van der Waals surface area contributed by atoms with Gasteiger partial charge in [0.15, 0.2) is 0 Å². The minimum Gasteiger partial charge on any atom is -0.326 e. The summed E-state index contributed by atoms with van der Waals surface area (Å²) >= 11 is 0. The molecule has 1 atom stereocenters. The summed E-state index contributed by atoms with van der Waals surface area (Å²) in [6.07, 6.45) is 12.7. The Morgan fingerprint density at radius 3 is 2.54 bits per heavy atom. The van der Waals surface area contributed by atoms with E-state index in [0.717, 1.165) is 18.0 Å². The zero-order chi connectivity index (χ0) is 16.6. The van der Waals surface area contributed by atoms with Crippen LogP contribution in [0.3, 0.4) is 0 Å². The van der Waals surface area contributed by atoms with E-state index in [2.05, 4.69) is 22.4 Å². The molecule has 1 amide bonds. The molecule has 3 rings (SSSR count). The van der Waals surface area contributed by atoms with Gasteiger partial charge in [-0.25, -0.2) is 0 Å². The van der Waals surface area contributed by atoms with E-state index in [9.17, 15) is 4.79 Å². The summed E-state index contributed by atoms with van der Waals surface area (Å²) in [5.74, 6) is 1.73. The zero-order valence-corrected chi connectivity index (χ0v) is 14.6. The van der Waals surface area contributed by atoms with Crippen LogP contribution in [0.5, 0.6) is 0 Å². The number of likely N-dealkylation sites (tertiary alicyclic amines) is 1. The van der Waals surface area contributed by atoms with Crippen LogP contribution in [0.15, 0.2) is 42.5 Å². The average Bonchev–Trinajstić information content (AvgIpc) is 2.63. The van der Waals surface area contributed by atoms with Crippen molar-refractivity contribution in [2.75, 3.05) is 25.0 Å². The fraction of sp³-hybridized carbons (Fsp3) is 0.571. The predicted molar refractivity (Wildman–Crippen MR) is 100.0 cm³/mol. The van der Waals surface area contributed by atoms with Crippen LogP contribution in [0.4, 0.5) is 5.69 Å². The second-order valence-corrected chi connectivity index (χ2v) is 7.35. The minimum absolute atomic E-state index is 0.151. The first kappa shape index (κ1) is 17.2. The van der Waals surface area contributed by atoms with E-state index >= 15 is 0 Å². The third kappa shape index (κ3) is 5.48. The highest BCUT2D eigenvalue weighted by Gasteiger charge is 2.22. The highest BCUT2D eigenvalue weighted by molar-refractivity contribution is 5.90. The molecule has 1 saturated heterocycles. The number of hydrogen-bond acceptors (Lipinski definition) is 2. The number of allylic oxidation sites excluding steroid dienone is 2. The number of hydrogen-bond donors (Lipinski definition) is 1. The average molecular weight is 326 g/mol. The van der Waals surface area contributed by atoms with Crippen molar-refractivity contribution in [3.8, 4) is 0 Å². The van der Waals surface area contributed by atoms with Gasteiger partial charge in [0.2, 0.25) is 5.91 Å². The normalized spacial score (nSPS) is 22.4. The fourth-order valence-corrected chi connectivity index (χ4v) is 3.93. The SMILES string of the molecule is O=C(CCC1CCN(C[C@@H]2CC=CCC2)CC1)Nc1ccccc1. The van der Waals surface area contributed by atoms with Crippen LogP contribution in [0.2, 0.25) is 0 Å². The summed E-state index contributed by atoms with van der Waals surface area (Å²) in [6.45, 7) is 3.70. The molecular formula is C21H30N2O. The Labute approximate surface area is 146 Å². The molecule has 0 radical (unpaired) electrons. The Morgan fingerprint density at radius 2 is 1.83 bits per heavy atom. The number of nitrogens with zero attached hydrogens (tertiary/aromatic N) is 1. The molecule has 0 bridgehead atoms. The summed E-state index contributed by atoms with van der Waals surface area (Å²) in [5, 5.41) is 2.99. The zero-order valence-electron chi connectivity index (χ0n) is 14.6. The van der Waals surface area contributed by atoms with E-state index < -0.39 is 0 Å². The van der Waals surface area contributed by atoms with E-state index in [4.69, 9.17) is 0 Å². The predicted octanol–water partition coefficient (Wildman–Crippen LogP) is 4.47. The number of benzene rings is 1. The minimum atomic E-state index is 0.151. The maximum Gasteiger partial charge on any atom is 0.224 e. The molecule has 0 spiro atoms. The van der Waals surface area contributed by atoms with Gasteiger partial charge in [0.25, 0.3) is 0 Å². The van der Waals surface area contributed by atoms with Crippen molar-refractivity contribution in [3.63, 3.8) is 0 Å². The molecule has 1 N–H and O–H groups in total. The number of carbonyl (C=O) groups excluding carboxylic acids is 1. The molecule has 3 heteroatoms. The third-order valence-corrected chi connectivity index (χ3v) is 5.44. The quantitative estimate of drug-likeness (QED) is 0.782. The van der Waals surface area contributed by atoms with Gasteiger partial charge in [-0.05, 0) is 75.6 Å². The number of piperidine rings is 1. The highest BCUT2D eigenvalue weighted by Crippen LogP contribution is 2.25. The lowest BCUT2D eigenvalue weighted by Crippen LogP contribution is -2.37. The van der Waals surface area contributed by atoms with Crippen LogP contribution in [0.1, 0.15) is 44.9 Å². The van der Waals surface area contributed by atoms with Gasteiger partial charge in [-0.15, -0.1) is 0 Å². The van der Waals surface area contributed by atoms with Crippen LogP contribution in [0.25, 0.3) is 0 Å². The Bertz CT molecular complexity index is 532. The van der Waals surface area contributed by atoms with Gasteiger partial charge in [-0.1, -0.05) is 30.4 Å². The molecule has 0 unspecified atom stereocenters. The molecule has 1 aliphatic heterocycles. The smallest absolute Gasteiger partial charge is 0.224 e. The molecule has 2 aliphatic rings. The fourth-order valence-electron chi connectivity index (χ4n) is 3.93. The Balaban J connectivity index is 1.32. The van der Waals surface area contributed by atoms with Crippen molar-refractivity contribution in [2.24, 2.45) is 11.8 Å². The van der Waals surface area contributed by atoms with Gasteiger partial charge in [-0.2, -0.15) is 0 Å². The summed E-state index contributed by atoms with van der Waals surface area (Å²) in [6, 6.07) is 9.75. The Morgan fingerprint density at radius 1 is 1.04 bits per heavy atom. The summed E-state index contributed by atoms with van der Waals surface area (Å²) in [7, 11) is 0. The van der Waals surface area contributed by atoms with E-state index in [0.29, 0.717) is 12.3 Å². The first-order valence-corrected chi connectivity index (χ1v) is 9.52. The number of nitrogens with one attached hydrogen (secondary N) is 1. The second-order valence-electron chi connectivity index (χ2n) is 7.35. The van der Waals surface area contributed by atoms with Crippen LogP contribution >= 0.6 is 0 Å². The molecule has 0 aromatic heterocycles. The summed E-state index contributed by atoms with van der Waals surface area (Å²) in [4.78, 5) is 14.7. The van der Waals surface area contributed by atoms with Gasteiger partial charge in [0.05, 0.1) is 0 Å². The standard InChI is InChI=1S/C21H30N2O/c24-21(22-20-9-5-2-6-10-20)12-11-18-13-15-23(16-14-18)17-19-7-3-1-4-8-19/h1-3,5-6,9-10,18-19H,4,7-8,11-17H2,(H,22,24)/t19-/m1/s1. The Hall–Kier alpha value is -1.61. The summed E-state index contributed by atoms with van der Waals surface area (Å²) < 4.78 is 0. The van der Waals surface area contributed by atoms with E-state index in [-0.39, 0.29) is 5.91 Å². The molecule has 3 nitrogen and oxygen atoms in total. The van der Waals surface area contributed by atoms with E-state index in [1.54, 1.807) is 0 Å². The highest BCUT2D eigenvalue weighted by atomic mass is 16.1. The molecule has 1 aliphatic carbocycles. The molecule has 0 saturated carbocycles. The number of carbonyl (C=O) groups is 1. The lowest BCUT2D eigenvalue weighted by Gasteiger charge is -2.34. The third-order valence-electron chi connectivity index (χ3n) is 5.44. The van der Waals surface area contributed by atoms with Crippen LogP contribution in [0, 0.1) is 11.8 Å². The first-order valence-electron chi connectivity index (χ1n) is 9.52. The summed E-state index contributed by atoms with van der Waals surface area (Å²) in [5.41, 5.74) is 0.902.